The molecular weight excluding hydrogens is 214 g/mol. The summed E-state index contributed by atoms with van der Waals surface area (Å²) in [5.74, 6) is -0.700. The number of carbonyl (C=O) groups is 1. The van der Waals surface area contributed by atoms with Crippen molar-refractivity contribution in [2.75, 3.05) is 6.54 Å². The molecule has 0 fully saturated rings. The van der Waals surface area contributed by atoms with Gasteiger partial charge in [-0.25, -0.2) is 0 Å². The van der Waals surface area contributed by atoms with Crippen LogP contribution in [0.25, 0.3) is 0 Å². The van der Waals surface area contributed by atoms with Gasteiger partial charge in [0.25, 0.3) is 0 Å². The maximum absolute atomic E-state index is 10.5. The van der Waals surface area contributed by atoms with E-state index in [0.717, 1.165) is 32.4 Å². The maximum Gasteiger partial charge on any atom is 0.303 e. The zero-order valence-electron chi connectivity index (χ0n) is 10.0. The van der Waals surface area contributed by atoms with E-state index in [1.165, 1.54) is 23.1 Å². The summed E-state index contributed by atoms with van der Waals surface area (Å²) in [4.78, 5) is 10.5. The van der Waals surface area contributed by atoms with Gasteiger partial charge >= 0.3 is 5.97 Å². The first-order valence-corrected chi connectivity index (χ1v) is 6.29. The molecule has 92 valence electrons. The Morgan fingerprint density at radius 1 is 1.41 bits per heavy atom. The smallest absolute Gasteiger partial charge is 0.303 e. The molecule has 0 aromatic heterocycles. The molecule has 0 spiro atoms. The van der Waals surface area contributed by atoms with Crippen molar-refractivity contribution in [3.63, 3.8) is 0 Å². The molecule has 3 heteroatoms. The molecule has 1 aliphatic heterocycles. The molecule has 3 nitrogen and oxygen atoms in total. The van der Waals surface area contributed by atoms with Crippen LogP contribution in [0.15, 0.2) is 18.2 Å². The maximum atomic E-state index is 10.5. The van der Waals surface area contributed by atoms with Crippen molar-refractivity contribution in [1.82, 2.24) is 5.32 Å². The largest absolute Gasteiger partial charge is 0.481 e. The van der Waals surface area contributed by atoms with Gasteiger partial charge in [-0.05, 0) is 48.9 Å². The lowest BCUT2D eigenvalue weighted by molar-refractivity contribution is -0.137. The van der Waals surface area contributed by atoms with Gasteiger partial charge in [-0.3, -0.25) is 4.79 Å². The zero-order valence-corrected chi connectivity index (χ0v) is 10.0. The Labute approximate surface area is 102 Å². The summed E-state index contributed by atoms with van der Waals surface area (Å²) in [6.45, 7) is 2.02. The van der Waals surface area contributed by atoms with Gasteiger partial charge in [-0.2, -0.15) is 0 Å². The third-order valence-electron chi connectivity index (χ3n) is 3.30. The molecule has 1 aromatic rings. The fraction of sp³-hybridized carbons (Fsp3) is 0.500. The first-order chi connectivity index (χ1) is 8.27. The van der Waals surface area contributed by atoms with Crippen molar-refractivity contribution >= 4 is 5.97 Å². The Kier molecular flexibility index (Phi) is 4.15. The third kappa shape index (κ3) is 3.30. The summed E-state index contributed by atoms with van der Waals surface area (Å²) < 4.78 is 0. The fourth-order valence-electron chi connectivity index (χ4n) is 2.45. The summed E-state index contributed by atoms with van der Waals surface area (Å²) in [7, 11) is 0. The van der Waals surface area contributed by atoms with Gasteiger partial charge in [-0.15, -0.1) is 0 Å². The normalized spacial score (nSPS) is 15.1. The minimum Gasteiger partial charge on any atom is -0.481 e. The van der Waals surface area contributed by atoms with E-state index < -0.39 is 5.97 Å². The predicted octanol–water partition coefficient (Wildman–Crippen LogP) is 2.13. The van der Waals surface area contributed by atoms with Gasteiger partial charge in [0.1, 0.15) is 0 Å². The highest BCUT2D eigenvalue weighted by Gasteiger charge is 2.11. The Balaban J connectivity index is 2.08. The van der Waals surface area contributed by atoms with Crippen LogP contribution in [0.1, 0.15) is 36.0 Å². The standard InChI is InChI=1S/C14H19NO2/c16-14(17)8-2-5-11-4-1-6-12-10-15-9-3-7-13(11)12/h1,4,6,15H,2-3,5,7-10H2,(H,16,17). The van der Waals surface area contributed by atoms with Crippen LogP contribution in [0.3, 0.4) is 0 Å². The van der Waals surface area contributed by atoms with Crippen LogP contribution >= 0.6 is 0 Å². The molecule has 0 amide bonds. The Morgan fingerprint density at radius 3 is 3.12 bits per heavy atom. The van der Waals surface area contributed by atoms with Crippen LogP contribution in [0, 0.1) is 0 Å². The highest BCUT2D eigenvalue weighted by atomic mass is 16.4. The van der Waals surface area contributed by atoms with Gasteiger partial charge < -0.3 is 10.4 Å². The highest BCUT2D eigenvalue weighted by molar-refractivity contribution is 5.66. The van der Waals surface area contributed by atoms with E-state index in [4.69, 9.17) is 5.11 Å². The number of carboxylic acid groups (broad SMARTS) is 1. The average Bonchev–Trinajstić information content (AvgIpc) is 2.54. The first-order valence-electron chi connectivity index (χ1n) is 6.29. The summed E-state index contributed by atoms with van der Waals surface area (Å²) in [5.41, 5.74) is 4.17. The lowest BCUT2D eigenvalue weighted by Gasteiger charge is -2.11. The van der Waals surface area contributed by atoms with Crippen molar-refractivity contribution < 1.29 is 9.90 Å². The number of hydrogen-bond acceptors (Lipinski definition) is 2. The van der Waals surface area contributed by atoms with Crippen LogP contribution in [0.5, 0.6) is 0 Å². The predicted molar refractivity (Wildman–Crippen MR) is 67.0 cm³/mol. The molecule has 1 aliphatic rings. The van der Waals surface area contributed by atoms with Crippen molar-refractivity contribution in [3.8, 4) is 0 Å². The zero-order chi connectivity index (χ0) is 12.1. The number of aliphatic carboxylic acids is 1. The van der Waals surface area contributed by atoms with Crippen molar-refractivity contribution in [2.45, 2.75) is 38.6 Å². The van der Waals surface area contributed by atoms with Gasteiger partial charge in [0.05, 0.1) is 0 Å². The Hall–Kier alpha value is -1.35. The molecule has 1 aromatic carbocycles. The molecule has 0 radical (unpaired) electrons. The number of fused-ring (bicyclic) bond motifs is 1. The fourth-order valence-corrected chi connectivity index (χ4v) is 2.45. The van der Waals surface area contributed by atoms with Crippen molar-refractivity contribution in [2.24, 2.45) is 0 Å². The minimum atomic E-state index is -0.700. The lowest BCUT2D eigenvalue weighted by atomic mass is 9.94. The quantitative estimate of drug-likeness (QED) is 0.837. The van der Waals surface area contributed by atoms with E-state index >= 15 is 0 Å². The molecule has 0 bridgehead atoms. The highest BCUT2D eigenvalue weighted by Crippen LogP contribution is 2.20. The molecule has 0 atom stereocenters. The number of carboxylic acids is 1. The molecule has 0 saturated heterocycles. The van der Waals surface area contributed by atoms with Crippen LogP contribution in [-0.4, -0.2) is 17.6 Å². The van der Waals surface area contributed by atoms with Gasteiger partial charge in [0.2, 0.25) is 0 Å². The molecule has 2 rings (SSSR count). The van der Waals surface area contributed by atoms with E-state index in [2.05, 4.69) is 23.5 Å². The van der Waals surface area contributed by atoms with E-state index in [1.54, 1.807) is 0 Å². The van der Waals surface area contributed by atoms with Gasteiger partial charge in [-0.1, -0.05) is 18.2 Å². The Morgan fingerprint density at radius 2 is 2.29 bits per heavy atom. The van der Waals surface area contributed by atoms with Crippen molar-refractivity contribution in [1.29, 1.82) is 0 Å². The second-order valence-electron chi connectivity index (χ2n) is 4.58. The van der Waals surface area contributed by atoms with Gasteiger partial charge in [0, 0.05) is 13.0 Å². The first kappa shape index (κ1) is 12.1. The topological polar surface area (TPSA) is 49.3 Å². The second-order valence-corrected chi connectivity index (χ2v) is 4.58. The number of benzene rings is 1. The van der Waals surface area contributed by atoms with Crippen LogP contribution in [-0.2, 0) is 24.2 Å². The second kappa shape index (κ2) is 5.82. The summed E-state index contributed by atoms with van der Waals surface area (Å²) in [6.07, 6.45) is 4.17. The van der Waals surface area contributed by atoms with Gasteiger partial charge in [0.15, 0.2) is 0 Å². The molecule has 2 N–H and O–H groups in total. The van der Waals surface area contributed by atoms with Crippen LogP contribution < -0.4 is 5.32 Å². The van der Waals surface area contributed by atoms with E-state index in [9.17, 15) is 4.79 Å². The van der Waals surface area contributed by atoms with E-state index in [0.29, 0.717) is 0 Å². The van der Waals surface area contributed by atoms with E-state index in [-0.39, 0.29) is 6.42 Å². The summed E-state index contributed by atoms with van der Waals surface area (Å²) in [6, 6.07) is 6.41. The lowest BCUT2D eigenvalue weighted by Crippen LogP contribution is -2.11. The molecular formula is C14H19NO2. The van der Waals surface area contributed by atoms with Crippen LogP contribution in [0.2, 0.25) is 0 Å². The average molecular weight is 233 g/mol. The Bertz CT molecular complexity index is 401. The number of rotatable bonds is 4. The number of nitrogens with one attached hydrogen (secondary N) is 1. The molecule has 17 heavy (non-hydrogen) atoms. The minimum absolute atomic E-state index is 0.266. The SMILES string of the molecule is O=C(O)CCCc1cccc2c1CCCNC2. The molecule has 0 aliphatic carbocycles. The number of aryl methyl sites for hydroxylation is 1. The van der Waals surface area contributed by atoms with Crippen molar-refractivity contribution in [3.05, 3.63) is 34.9 Å². The molecule has 0 saturated carbocycles. The molecule has 1 heterocycles. The monoisotopic (exact) mass is 233 g/mol. The summed E-state index contributed by atoms with van der Waals surface area (Å²) >= 11 is 0. The molecule has 0 unspecified atom stereocenters. The van der Waals surface area contributed by atoms with E-state index in [1.807, 2.05) is 0 Å². The summed E-state index contributed by atoms with van der Waals surface area (Å²) in [5, 5.41) is 12.1. The number of hydrogen-bond donors (Lipinski definition) is 2. The van der Waals surface area contributed by atoms with Crippen LogP contribution in [0.4, 0.5) is 0 Å². The third-order valence-corrected chi connectivity index (χ3v) is 3.30.